The molecule has 0 aliphatic heterocycles. The number of hydrogen-bond acceptors (Lipinski definition) is 3. The van der Waals surface area contributed by atoms with Gasteiger partial charge in [0.05, 0.1) is 10.7 Å². The summed E-state index contributed by atoms with van der Waals surface area (Å²) in [5, 5.41) is 1.26. The zero-order valence-electron chi connectivity index (χ0n) is 8.47. The highest BCUT2D eigenvalue weighted by molar-refractivity contribution is 7.11. The van der Waals surface area contributed by atoms with Gasteiger partial charge in [-0.25, -0.2) is 4.98 Å². The van der Waals surface area contributed by atoms with Crippen LogP contribution in [0.1, 0.15) is 35.8 Å². The van der Waals surface area contributed by atoms with Crippen molar-refractivity contribution in [3.05, 3.63) is 15.6 Å². The molecule has 0 aliphatic rings. The summed E-state index contributed by atoms with van der Waals surface area (Å²) < 4.78 is 0. The van der Waals surface area contributed by atoms with E-state index in [9.17, 15) is 0 Å². The van der Waals surface area contributed by atoms with Gasteiger partial charge < -0.3 is 5.73 Å². The van der Waals surface area contributed by atoms with Crippen molar-refractivity contribution in [1.82, 2.24) is 4.98 Å². The summed E-state index contributed by atoms with van der Waals surface area (Å²) in [7, 11) is 0. The van der Waals surface area contributed by atoms with E-state index in [1.165, 1.54) is 15.6 Å². The molecule has 0 spiro atoms. The highest BCUT2D eigenvalue weighted by Gasteiger charge is 2.06. The number of rotatable bonds is 5. The Bertz CT molecular complexity index is 234. The molecule has 1 aromatic rings. The normalized spacial score (nSPS) is 10.7. The minimum Gasteiger partial charge on any atom is -0.330 e. The van der Waals surface area contributed by atoms with E-state index in [0.29, 0.717) is 0 Å². The Kier molecular flexibility index (Phi) is 4.39. The van der Waals surface area contributed by atoms with E-state index in [1.54, 1.807) is 0 Å². The number of nitrogens with two attached hydrogens (primary N) is 1. The molecular weight excluding hydrogens is 180 g/mol. The van der Waals surface area contributed by atoms with Crippen molar-refractivity contribution in [3.63, 3.8) is 0 Å². The summed E-state index contributed by atoms with van der Waals surface area (Å²) in [6.45, 7) is 5.13. The fraction of sp³-hybridized carbons (Fsp3) is 0.700. The fourth-order valence-electron chi connectivity index (χ4n) is 1.35. The van der Waals surface area contributed by atoms with Gasteiger partial charge in [-0.1, -0.05) is 13.8 Å². The highest BCUT2D eigenvalue weighted by atomic mass is 32.1. The molecule has 2 nitrogen and oxygen atoms in total. The van der Waals surface area contributed by atoms with Crippen LogP contribution < -0.4 is 5.73 Å². The predicted molar refractivity (Wildman–Crippen MR) is 58.2 cm³/mol. The van der Waals surface area contributed by atoms with Crippen LogP contribution in [0.3, 0.4) is 0 Å². The van der Waals surface area contributed by atoms with E-state index >= 15 is 0 Å². The van der Waals surface area contributed by atoms with E-state index in [-0.39, 0.29) is 0 Å². The Morgan fingerprint density at radius 1 is 1.31 bits per heavy atom. The second-order valence-electron chi connectivity index (χ2n) is 3.08. The summed E-state index contributed by atoms with van der Waals surface area (Å²) in [6.07, 6.45) is 4.28. The van der Waals surface area contributed by atoms with Crippen molar-refractivity contribution in [2.75, 3.05) is 6.54 Å². The molecule has 2 N–H and O–H groups in total. The molecule has 3 heteroatoms. The topological polar surface area (TPSA) is 38.9 Å². The Balaban J connectivity index is 2.68. The molecule has 1 rings (SSSR count). The molecule has 0 radical (unpaired) electrons. The first kappa shape index (κ1) is 10.7. The third-order valence-electron chi connectivity index (χ3n) is 2.07. The number of thiazole rings is 1. The SMILES string of the molecule is CCc1nc(CCCN)sc1CC. The minimum absolute atomic E-state index is 0.766. The monoisotopic (exact) mass is 198 g/mol. The van der Waals surface area contributed by atoms with Crippen molar-refractivity contribution in [2.24, 2.45) is 5.73 Å². The standard InChI is InChI=1S/C10H18N2S/c1-3-8-9(4-2)13-10(12-8)6-5-7-11/h3-7,11H2,1-2H3. The summed E-state index contributed by atoms with van der Waals surface area (Å²) in [5.74, 6) is 0. The fourth-order valence-corrected chi connectivity index (χ4v) is 2.49. The molecular formula is C10H18N2S. The zero-order valence-corrected chi connectivity index (χ0v) is 9.28. The van der Waals surface area contributed by atoms with Gasteiger partial charge in [-0.2, -0.15) is 0 Å². The maximum Gasteiger partial charge on any atom is 0.0931 e. The van der Waals surface area contributed by atoms with E-state index in [2.05, 4.69) is 18.8 Å². The van der Waals surface area contributed by atoms with Crippen LogP contribution in [-0.2, 0) is 19.3 Å². The van der Waals surface area contributed by atoms with Gasteiger partial charge in [0.25, 0.3) is 0 Å². The molecule has 1 aromatic heterocycles. The van der Waals surface area contributed by atoms with Crippen LogP contribution in [-0.4, -0.2) is 11.5 Å². The van der Waals surface area contributed by atoms with E-state index in [0.717, 1.165) is 32.2 Å². The summed E-state index contributed by atoms with van der Waals surface area (Å²) >= 11 is 1.86. The Labute approximate surface area is 84.2 Å². The van der Waals surface area contributed by atoms with Crippen molar-refractivity contribution >= 4 is 11.3 Å². The maximum absolute atomic E-state index is 5.46. The average Bonchev–Trinajstić information content (AvgIpc) is 2.57. The average molecular weight is 198 g/mol. The van der Waals surface area contributed by atoms with E-state index in [4.69, 9.17) is 5.73 Å². The van der Waals surface area contributed by atoms with Crippen LogP contribution in [0.25, 0.3) is 0 Å². The quantitative estimate of drug-likeness (QED) is 0.787. The Morgan fingerprint density at radius 3 is 2.54 bits per heavy atom. The third-order valence-corrected chi connectivity index (χ3v) is 3.38. The molecule has 0 unspecified atom stereocenters. The lowest BCUT2D eigenvalue weighted by atomic mass is 10.2. The second kappa shape index (κ2) is 5.35. The lowest BCUT2D eigenvalue weighted by Gasteiger charge is -1.91. The molecule has 0 amide bonds. The van der Waals surface area contributed by atoms with Crippen molar-refractivity contribution in [2.45, 2.75) is 39.5 Å². The van der Waals surface area contributed by atoms with Gasteiger partial charge in [-0.3, -0.25) is 0 Å². The first-order valence-corrected chi connectivity index (χ1v) is 5.81. The smallest absolute Gasteiger partial charge is 0.0931 e. The van der Waals surface area contributed by atoms with Crippen molar-refractivity contribution in [3.8, 4) is 0 Å². The van der Waals surface area contributed by atoms with Crippen LogP contribution >= 0.6 is 11.3 Å². The lowest BCUT2D eigenvalue weighted by molar-refractivity contribution is 0.819. The first-order valence-electron chi connectivity index (χ1n) is 4.99. The maximum atomic E-state index is 5.46. The number of hydrogen-bond donors (Lipinski definition) is 1. The van der Waals surface area contributed by atoms with Gasteiger partial charge in [0, 0.05) is 11.3 Å². The molecule has 0 bridgehead atoms. The molecule has 0 fully saturated rings. The van der Waals surface area contributed by atoms with Crippen LogP contribution in [0.2, 0.25) is 0 Å². The molecule has 0 saturated heterocycles. The highest BCUT2D eigenvalue weighted by Crippen LogP contribution is 2.20. The summed E-state index contributed by atoms with van der Waals surface area (Å²) in [6, 6.07) is 0. The van der Waals surface area contributed by atoms with Gasteiger partial charge >= 0.3 is 0 Å². The largest absolute Gasteiger partial charge is 0.330 e. The molecule has 1 heterocycles. The molecule has 0 saturated carbocycles. The zero-order chi connectivity index (χ0) is 9.68. The van der Waals surface area contributed by atoms with Crippen LogP contribution in [0.5, 0.6) is 0 Å². The van der Waals surface area contributed by atoms with Crippen molar-refractivity contribution in [1.29, 1.82) is 0 Å². The predicted octanol–water partition coefficient (Wildman–Crippen LogP) is 2.16. The van der Waals surface area contributed by atoms with Gasteiger partial charge in [0.1, 0.15) is 0 Å². The molecule has 13 heavy (non-hydrogen) atoms. The van der Waals surface area contributed by atoms with Crippen LogP contribution in [0.15, 0.2) is 0 Å². The van der Waals surface area contributed by atoms with E-state index < -0.39 is 0 Å². The minimum atomic E-state index is 0.766. The summed E-state index contributed by atoms with van der Waals surface area (Å²) in [5.41, 5.74) is 6.75. The van der Waals surface area contributed by atoms with Crippen LogP contribution in [0.4, 0.5) is 0 Å². The third kappa shape index (κ3) is 2.78. The van der Waals surface area contributed by atoms with Crippen LogP contribution in [0, 0.1) is 0 Å². The Hall–Kier alpha value is -0.410. The van der Waals surface area contributed by atoms with E-state index in [1.807, 2.05) is 11.3 Å². The molecule has 74 valence electrons. The van der Waals surface area contributed by atoms with Gasteiger partial charge in [-0.15, -0.1) is 11.3 Å². The van der Waals surface area contributed by atoms with Gasteiger partial charge in [-0.05, 0) is 25.8 Å². The van der Waals surface area contributed by atoms with Crippen molar-refractivity contribution < 1.29 is 0 Å². The van der Waals surface area contributed by atoms with Gasteiger partial charge in [0.2, 0.25) is 0 Å². The lowest BCUT2D eigenvalue weighted by Crippen LogP contribution is -2.00. The molecule has 0 atom stereocenters. The Morgan fingerprint density at radius 2 is 2.08 bits per heavy atom. The first-order chi connectivity index (χ1) is 6.31. The second-order valence-corrected chi connectivity index (χ2v) is 4.24. The molecule has 0 aliphatic carbocycles. The number of aryl methyl sites for hydroxylation is 3. The number of aromatic nitrogens is 1. The van der Waals surface area contributed by atoms with Gasteiger partial charge in [0.15, 0.2) is 0 Å². The summed E-state index contributed by atoms with van der Waals surface area (Å²) in [4.78, 5) is 6.05. The number of nitrogens with zero attached hydrogens (tertiary/aromatic N) is 1. The molecule has 0 aromatic carbocycles.